The molecule has 6 heteroatoms. The summed E-state index contributed by atoms with van der Waals surface area (Å²) in [6, 6.07) is 10.8. The number of carbonyl (C=O) groups is 1. The van der Waals surface area contributed by atoms with E-state index < -0.39 is 0 Å². The lowest BCUT2D eigenvalue weighted by Gasteiger charge is -2.24. The van der Waals surface area contributed by atoms with Crippen molar-refractivity contribution in [1.29, 1.82) is 0 Å². The largest absolute Gasteiger partial charge is 0.356 e. The van der Waals surface area contributed by atoms with Crippen molar-refractivity contribution in [3.8, 4) is 0 Å². The zero-order valence-electron chi connectivity index (χ0n) is 15.8. The Hall–Kier alpha value is -2.47. The number of anilines is 1. The molecule has 1 aromatic heterocycles. The van der Waals surface area contributed by atoms with Crippen LogP contribution in [0.5, 0.6) is 0 Å². The number of benzene rings is 1. The molecule has 1 saturated heterocycles. The van der Waals surface area contributed by atoms with Gasteiger partial charge in [0.15, 0.2) is 0 Å². The van der Waals surface area contributed by atoms with Crippen molar-refractivity contribution in [2.75, 3.05) is 18.9 Å². The second kappa shape index (κ2) is 8.05. The van der Waals surface area contributed by atoms with Crippen LogP contribution in [0, 0.1) is 11.8 Å². The van der Waals surface area contributed by atoms with Gasteiger partial charge in [0, 0.05) is 50.1 Å². The topological polar surface area (TPSA) is 70.2 Å². The van der Waals surface area contributed by atoms with E-state index in [1.807, 2.05) is 30.6 Å². The van der Waals surface area contributed by atoms with Crippen LogP contribution in [0.2, 0.25) is 0 Å². The maximum absolute atomic E-state index is 11.6. The van der Waals surface area contributed by atoms with Crippen molar-refractivity contribution < 1.29 is 4.79 Å². The first-order chi connectivity index (χ1) is 13.2. The first-order valence-corrected chi connectivity index (χ1v) is 9.73. The summed E-state index contributed by atoms with van der Waals surface area (Å²) in [7, 11) is 2.17. The van der Waals surface area contributed by atoms with Crippen molar-refractivity contribution >= 4 is 11.9 Å². The number of amides is 1. The smallest absolute Gasteiger partial charge is 0.222 e. The van der Waals surface area contributed by atoms with Crippen molar-refractivity contribution in [1.82, 2.24) is 20.2 Å². The second-order valence-corrected chi connectivity index (χ2v) is 7.82. The number of nitrogens with one attached hydrogen (secondary N) is 2. The van der Waals surface area contributed by atoms with Gasteiger partial charge in [0.1, 0.15) is 0 Å². The van der Waals surface area contributed by atoms with Gasteiger partial charge in [0.2, 0.25) is 11.9 Å². The maximum atomic E-state index is 11.6. The lowest BCUT2D eigenvalue weighted by Crippen LogP contribution is -2.38. The third kappa shape index (κ3) is 4.45. The van der Waals surface area contributed by atoms with Crippen molar-refractivity contribution in [3.63, 3.8) is 0 Å². The van der Waals surface area contributed by atoms with Crippen LogP contribution >= 0.6 is 0 Å². The van der Waals surface area contributed by atoms with Gasteiger partial charge in [-0.15, -0.1) is 0 Å². The number of fused-ring (bicyclic) bond motifs is 1. The molecule has 0 radical (unpaired) electrons. The minimum Gasteiger partial charge on any atom is -0.356 e. The quantitative estimate of drug-likeness (QED) is 0.823. The summed E-state index contributed by atoms with van der Waals surface area (Å²) in [5.74, 6) is 2.05. The summed E-state index contributed by atoms with van der Waals surface area (Å²) in [6.07, 6.45) is 6.79. The number of carbonyl (C=O) groups excluding carboxylic acids is 1. The van der Waals surface area contributed by atoms with E-state index in [9.17, 15) is 4.79 Å². The molecule has 3 atom stereocenters. The van der Waals surface area contributed by atoms with E-state index in [0.29, 0.717) is 30.2 Å². The molecule has 1 aliphatic heterocycles. The molecule has 0 unspecified atom stereocenters. The number of rotatable bonds is 6. The summed E-state index contributed by atoms with van der Waals surface area (Å²) in [5, 5.41) is 6.27. The highest BCUT2D eigenvalue weighted by atomic mass is 16.1. The third-order valence-corrected chi connectivity index (χ3v) is 5.88. The molecule has 1 aliphatic carbocycles. The van der Waals surface area contributed by atoms with Crippen LogP contribution in [-0.2, 0) is 17.9 Å². The molecule has 2 fully saturated rings. The van der Waals surface area contributed by atoms with Crippen molar-refractivity contribution in [2.24, 2.45) is 11.8 Å². The third-order valence-electron chi connectivity index (χ3n) is 5.88. The molecular weight excluding hydrogens is 338 g/mol. The zero-order chi connectivity index (χ0) is 18.6. The van der Waals surface area contributed by atoms with Crippen LogP contribution in [0.4, 0.5) is 5.95 Å². The molecule has 1 amide bonds. The summed E-state index contributed by atoms with van der Waals surface area (Å²) in [6.45, 7) is 2.40. The Bertz CT molecular complexity index is 764. The summed E-state index contributed by atoms with van der Waals surface area (Å²) >= 11 is 0. The lowest BCUT2D eigenvalue weighted by atomic mass is 9.89. The fourth-order valence-corrected chi connectivity index (χ4v) is 4.32. The summed E-state index contributed by atoms with van der Waals surface area (Å²) < 4.78 is 0. The van der Waals surface area contributed by atoms with Crippen LogP contribution in [0.15, 0.2) is 42.7 Å². The minimum atomic E-state index is 0.214. The highest BCUT2D eigenvalue weighted by Crippen LogP contribution is 2.38. The second-order valence-electron chi connectivity index (χ2n) is 7.82. The van der Waals surface area contributed by atoms with Gasteiger partial charge in [0.05, 0.1) is 0 Å². The first-order valence-electron chi connectivity index (χ1n) is 9.73. The molecule has 6 nitrogen and oxygen atoms in total. The van der Waals surface area contributed by atoms with Crippen LogP contribution in [0.1, 0.15) is 30.4 Å². The minimum absolute atomic E-state index is 0.214. The molecule has 1 saturated carbocycles. The number of hydrogen-bond acceptors (Lipinski definition) is 5. The van der Waals surface area contributed by atoms with Gasteiger partial charge in [-0.2, -0.15) is 0 Å². The predicted molar refractivity (Wildman–Crippen MR) is 105 cm³/mol. The lowest BCUT2D eigenvalue weighted by molar-refractivity contribution is -0.124. The van der Waals surface area contributed by atoms with Crippen LogP contribution in [-0.4, -0.2) is 40.4 Å². The fourth-order valence-electron chi connectivity index (χ4n) is 4.32. The predicted octanol–water partition coefficient (Wildman–Crippen LogP) is 2.44. The van der Waals surface area contributed by atoms with Gasteiger partial charge in [-0.1, -0.05) is 30.3 Å². The van der Waals surface area contributed by atoms with Crippen LogP contribution in [0.3, 0.4) is 0 Å². The van der Waals surface area contributed by atoms with Gasteiger partial charge in [0.25, 0.3) is 0 Å². The Kier molecular flexibility index (Phi) is 5.34. The van der Waals surface area contributed by atoms with Crippen molar-refractivity contribution in [3.05, 3.63) is 53.9 Å². The maximum Gasteiger partial charge on any atom is 0.222 e. The average Bonchev–Trinajstić information content (AvgIpc) is 3.11. The first kappa shape index (κ1) is 17.9. The molecule has 2 N–H and O–H groups in total. The van der Waals surface area contributed by atoms with E-state index in [1.165, 1.54) is 12.0 Å². The normalized spacial score (nSPS) is 24.5. The molecule has 142 valence electrons. The Morgan fingerprint density at radius 3 is 2.63 bits per heavy atom. The Labute approximate surface area is 160 Å². The Balaban J connectivity index is 1.28. The average molecular weight is 365 g/mol. The standard InChI is InChI=1S/C21H27N5O/c1-26(19-7-17-9-20(27)22-13-18(17)8-19)14-16-11-24-21(25-12-16)23-10-15-5-3-2-4-6-15/h2-6,11-12,17-19H,7-10,13-14H2,1H3,(H,22,27)(H,23,24,25)/t17-,18+,19-/m1/s1. The molecule has 2 heterocycles. The highest BCUT2D eigenvalue weighted by Gasteiger charge is 2.39. The van der Waals surface area contributed by atoms with E-state index >= 15 is 0 Å². The van der Waals surface area contributed by atoms with Gasteiger partial charge in [-0.3, -0.25) is 9.69 Å². The van der Waals surface area contributed by atoms with Crippen molar-refractivity contribution in [2.45, 2.75) is 38.4 Å². The zero-order valence-corrected chi connectivity index (χ0v) is 15.8. The number of hydrogen-bond donors (Lipinski definition) is 2. The molecule has 1 aromatic carbocycles. The summed E-state index contributed by atoms with van der Waals surface area (Å²) in [4.78, 5) is 22.9. The number of nitrogens with zero attached hydrogens (tertiary/aromatic N) is 3. The molecule has 0 bridgehead atoms. The van der Waals surface area contributed by atoms with E-state index in [0.717, 1.165) is 31.6 Å². The fraction of sp³-hybridized carbons (Fsp3) is 0.476. The van der Waals surface area contributed by atoms with E-state index in [2.05, 4.69) is 44.7 Å². The number of piperidine rings is 1. The molecule has 2 aliphatic rings. The van der Waals surface area contributed by atoms with Gasteiger partial charge >= 0.3 is 0 Å². The molecule has 2 aromatic rings. The van der Waals surface area contributed by atoms with E-state index in [4.69, 9.17) is 0 Å². The molecule has 0 spiro atoms. The van der Waals surface area contributed by atoms with Crippen LogP contribution in [0.25, 0.3) is 0 Å². The van der Waals surface area contributed by atoms with E-state index in [-0.39, 0.29) is 5.91 Å². The van der Waals surface area contributed by atoms with E-state index in [1.54, 1.807) is 0 Å². The SMILES string of the molecule is CN(Cc1cnc(NCc2ccccc2)nc1)[C@H]1C[C@H]2CNC(=O)C[C@H]2C1. The Morgan fingerprint density at radius 2 is 1.85 bits per heavy atom. The summed E-state index contributed by atoms with van der Waals surface area (Å²) in [5.41, 5.74) is 2.33. The molecule has 27 heavy (non-hydrogen) atoms. The highest BCUT2D eigenvalue weighted by molar-refractivity contribution is 5.77. The van der Waals surface area contributed by atoms with Crippen LogP contribution < -0.4 is 10.6 Å². The number of aromatic nitrogens is 2. The Morgan fingerprint density at radius 1 is 1.11 bits per heavy atom. The van der Waals surface area contributed by atoms with Gasteiger partial charge in [-0.05, 0) is 37.3 Å². The van der Waals surface area contributed by atoms with Gasteiger partial charge in [-0.25, -0.2) is 9.97 Å². The molecular formula is C21H27N5O. The monoisotopic (exact) mass is 365 g/mol. The van der Waals surface area contributed by atoms with Gasteiger partial charge < -0.3 is 10.6 Å². The molecule has 4 rings (SSSR count).